The first-order valence-electron chi connectivity index (χ1n) is 8.24. The summed E-state index contributed by atoms with van der Waals surface area (Å²) in [6.45, 7) is 4.07. The lowest BCUT2D eigenvalue weighted by Gasteiger charge is -2.27. The molecule has 7 heteroatoms. The Hall–Kier alpha value is -1.63. The predicted molar refractivity (Wildman–Crippen MR) is 96.0 cm³/mol. The smallest absolute Gasteiger partial charge is 0.230 e. The van der Waals surface area contributed by atoms with Crippen LogP contribution in [0.5, 0.6) is 5.88 Å². The summed E-state index contributed by atoms with van der Waals surface area (Å²) < 4.78 is 1.57. The fourth-order valence-electron chi connectivity index (χ4n) is 3.29. The number of hydrogen-bond donors (Lipinski definition) is 1. The van der Waals surface area contributed by atoms with E-state index in [0.29, 0.717) is 0 Å². The van der Waals surface area contributed by atoms with E-state index in [1.54, 1.807) is 4.52 Å². The molecule has 0 spiro atoms. The predicted octanol–water partition coefficient (Wildman–Crippen LogP) is 3.90. The average molecular weight is 363 g/mol. The van der Waals surface area contributed by atoms with Gasteiger partial charge in [0.05, 0.1) is 10.9 Å². The quantitative estimate of drug-likeness (QED) is 0.764. The van der Waals surface area contributed by atoms with E-state index >= 15 is 0 Å². The van der Waals surface area contributed by atoms with Crippen molar-refractivity contribution in [2.75, 3.05) is 13.1 Å². The fraction of sp³-hybridized carbons (Fsp3) is 0.412. The molecular formula is C17H19ClN4OS. The summed E-state index contributed by atoms with van der Waals surface area (Å²) in [7, 11) is 0. The largest absolute Gasteiger partial charge is 0.492 e. The number of likely N-dealkylation sites (tertiary alicyclic amines) is 1. The molecule has 1 N–H and O–H groups in total. The van der Waals surface area contributed by atoms with E-state index in [-0.39, 0.29) is 11.9 Å². The van der Waals surface area contributed by atoms with Gasteiger partial charge >= 0.3 is 0 Å². The molecule has 2 aromatic heterocycles. The maximum absolute atomic E-state index is 10.8. The fourth-order valence-corrected chi connectivity index (χ4v) is 4.55. The first kappa shape index (κ1) is 15.9. The highest BCUT2D eigenvalue weighted by molar-refractivity contribution is 7.17. The van der Waals surface area contributed by atoms with Gasteiger partial charge in [0.25, 0.3) is 0 Å². The molecule has 1 aromatic carbocycles. The van der Waals surface area contributed by atoms with Crippen LogP contribution < -0.4 is 0 Å². The molecule has 0 amide bonds. The van der Waals surface area contributed by atoms with Crippen LogP contribution in [-0.4, -0.2) is 37.7 Å². The van der Waals surface area contributed by atoms with Crippen molar-refractivity contribution < 1.29 is 5.11 Å². The van der Waals surface area contributed by atoms with Crippen LogP contribution in [0.4, 0.5) is 0 Å². The topological polar surface area (TPSA) is 53.7 Å². The second kappa shape index (κ2) is 6.35. The molecule has 1 unspecified atom stereocenters. The summed E-state index contributed by atoms with van der Waals surface area (Å²) in [4.78, 5) is 8.56. The number of aryl methyl sites for hydroxylation is 1. The highest BCUT2D eigenvalue weighted by Gasteiger charge is 2.31. The first-order chi connectivity index (χ1) is 11.7. The van der Waals surface area contributed by atoms with Crippen molar-refractivity contribution in [1.29, 1.82) is 0 Å². The van der Waals surface area contributed by atoms with Gasteiger partial charge in [0.2, 0.25) is 10.8 Å². The van der Waals surface area contributed by atoms with Crippen molar-refractivity contribution in [3.05, 3.63) is 45.6 Å². The number of aromatic hydroxyl groups is 1. The highest BCUT2D eigenvalue weighted by atomic mass is 35.5. The van der Waals surface area contributed by atoms with Crippen molar-refractivity contribution in [1.82, 2.24) is 19.5 Å². The van der Waals surface area contributed by atoms with Crippen LogP contribution in [0.2, 0.25) is 5.02 Å². The standard InChI is InChI=1S/C17H19ClN4OS/c1-2-13-19-17-22(20-13)16(23)15(24-17)14(21-9-3-4-10-21)11-5-7-12(18)8-6-11/h5-8,14,23H,2-4,9-10H2,1H3. The summed E-state index contributed by atoms with van der Waals surface area (Å²) in [5.41, 5.74) is 1.14. The molecule has 0 aliphatic carbocycles. The SMILES string of the molecule is CCc1nc2sc(C(c3ccc(Cl)cc3)N3CCCC3)c(O)n2n1. The Labute approximate surface area is 149 Å². The summed E-state index contributed by atoms with van der Waals surface area (Å²) in [5, 5.41) is 15.9. The third-order valence-electron chi connectivity index (χ3n) is 4.50. The van der Waals surface area contributed by atoms with Gasteiger partial charge in [0.1, 0.15) is 0 Å². The highest BCUT2D eigenvalue weighted by Crippen LogP contribution is 2.41. The molecule has 24 heavy (non-hydrogen) atoms. The third kappa shape index (κ3) is 2.68. The molecule has 1 aliphatic heterocycles. The lowest BCUT2D eigenvalue weighted by molar-refractivity contribution is 0.277. The molecule has 0 radical (unpaired) electrons. The zero-order valence-corrected chi connectivity index (χ0v) is 15.0. The summed E-state index contributed by atoms with van der Waals surface area (Å²) in [5.74, 6) is 0.960. The van der Waals surface area contributed by atoms with E-state index < -0.39 is 0 Å². The molecule has 3 aromatic rings. The Morgan fingerprint density at radius 1 is 1.25 bits per heavy atom. The summed E-state index contributed by atoms with van der Waals surface area (Å²) >= 11 is 7.57. The Morgan fingerprint density at radius 2 is 1.96 bits per heavy atom. The van der Waals surface area contributed by atoms with E-state index in [1.807, 2.05) is 31.2 Å². The Bertz CT molecular complexity index is 851. The molecule has 1 fully saturated rings. The Balaban J connectivity index is 1.82. The summed E-state index contributed by atoms with van der Waals surface area (Å²) in [6, 6.07) is 7.91. The molecule has 0 bridgehead atoms. The van der Waals surface area contributed by atoms with E-state index in [1.165, 1.54) is 24.2 Å². The lowest BCUT2D eigenvalue weighted by atomic mass is 10.0. The van der Waals surface area contributed by atoms with Crippen LogP contribution in [0.3, 0.4) is 0 Å². The Morgan fingerprint density at radius 3 is 2.58 bits per heavy atom. The molecule has 3 heterocycles. The number of hydrogen-bond acceptors (Lipinski definition) is 5. The van der Waals surface area contributed by atoms with Gasteiger partial charge in [-0.05, 0) is 43.6 Å². The average Bonchev–Trinajstić information content (AvgIpc) is 3.29. The first-order valence-corrected chi connectivity index (χ1v) is 9.43. The number of nitrogens with zero attached hydrogens (tertiary/aromatic N) is 4. The minimum atomic E-state index is 0.0170. The molecule has 126 valence electrons. The van der Waals surface area contributed by atoms with Crippen LogP contribution in [0.15, 0.2) is 24.3 Å². The number of benzene rings is 1. The molecule has 4 rings (SSSR count). The molecule has 1 atom stereocenters. The number of aromatic nitrogens is 3. The minimum Gasteiger partial charge on any atom is -0.492 e. The van der Waals surface area contributed by atoms with Gasteiger partial charge in [0, 0.05) is 11.4 Å². The zero-order valence-electron chi connectivity index (χ0n) is 13.4. The van der Waals surface area contributed by atoms with Gasteiger partial charge in [0.15, 0.2) is 5.82 Å². The van der Waals surface area contributed by atoms with Gasteiger partial charge in [-0.1, -0.05) is 42.0 Å². The van der Waals surface area contributed by atoms with Gasteiger partial charge < -0.3 is 5.11 Å². The number of fused-ring (bicyclic) bond motifs is 1. The second-order valence-electron chi connectivity index (χ2n) is 6.06. The third-order valence-corrected chi connectivity index (χ3v) is 5.82. The van der Waals surface area contributed by atoms with Crippen LogP contribution >= 0.6 is 22.9 Å². The number of thiazole rings is 1. The van der Waals surface area contributed by atoms with Gasteiger partial charge in [-0.15, -0.1) is 5.10 Å². The molecular weight excluding hydrogens is 344 g/mol. The van der Waals surface area contributed by atoms with Gasteiger partial charge in [-0.3, -0.25) is 4.90 Å². The lowest BCUT2D eigenvalue weighted by Crippen LogP contribution is -2.26. The van der Waals surface area contributed by atoms with Gasteiger partial charge in [-0.2, -0.15) is 4.52 Å². The van der Waals surface area contributed by atoms with Crippen LogP contribution in [-0.2, 0) is 6.42 Å². The van der Waals surface area contributed by atoms with Crippen molar-refractivity contribution in [3.8, 4) is 5.88 Å². The molecule has 1 aliphatic rings. The monoisotopic (exact) mass is 362 g/mol. The van der Waals surface area contributed by atoms with Gasteiger partial charge in [-0.25, -0.2) is 4.98 Å². The normalized spacial score (nSPS) is 16.9. The van der Waals surface area contributed by atoms with Crippen molar-refractivity contribution in [2.45, 2.75) is 32.2 Å². The van der Waals surface area contributed by atoms with E-state index in [4.69, 9.17) is 11.6 Å². The second-order valence-corrected chi connectivity index (χ2v) is 7.51. The zero-order chi connectivity index (χ0) is 16.7. The van der Waals surface area contributed by atoms with Crippen molar-refractivity contribution in [2.24, 2.45) is 0 Å². The van der Waals surface area contributed by atoms with E-state index in [0.717, 1.165) is 45.8 Å². The van der Waals surface area contributed by atoms with E-state index in [9.17, 15) is 5.11 Å². The molecule has 0 saturated carbocycles. The Kier molecular flexibility index (Phi) is 4.20. The minimum absolute atomic E-state index is 0.0170. The number of rotatable bonds is 4. The number of halogens is 1. The van der Waals surface area contributed by atoms with Crippen LogP contribution in [0, 0.1) is 0 Å². The van der Waals surface area contributed by atoms with Crippen molar-refractivity contribution >= 4 is 27.9 Å². The van der Waals surface area contributed by atoms with Crippen LogP contribution in [0.1, 0.15) is 42.1 Å². The maximum atomic E-state index is 10.8. The van der Waals surface area contributed by atoms with Crippen LogP contribution in [0.25, 0.3) is 4.96 Å². The van der Waals surface area contributed by atoms with E-state index in [2.05, 4.69) is 15.0 Å². The maximum Gasteiger partial charge on any atom is 0.230 e. The molecule has 1 saturated heterocycles. The van der Waals surface area contributed by atoms with Crippen molar-refractivity contribution in [3.63, 3.8) is 0 Å². The summed E-state index contributed by atoms with van der Waals surface area (Å²) in [6.07, 6.45) is 3.13. The molecule has 5 nitrogen and oxygen atoms in total.